The summed E-state index contributed by atoms with van der Waals surface area (Å²) in [6.07, 6.45) is 2.44. The minimum absolute atomic E-state index is 0.0404. The van der Waals surface area contributed by atoms with E-state index in [-0.39, 0.29) is 12.1 Å². The Hall–Kier alpha value is -2.23. The highest BCUT2D eigenvalue weighted by molar-refractivity contribution is 5.87. The van der Waals surface area contributed by atoms with Crippen molar-refractivity contribution in [2.45, 2.75) is 6.54 Å². The average molecular weight is 217 g/mol. The molecule has 4 heteroatoms. The number of carbonyl (C=O) groups is 1. The smallest absolute Gasteiger partial charge is 0.336 e. The number of para-hydroxylation sites is 1. The molecule has 1 aromatic heterocycles. The summed E-state index contributed by atoms with van der Waals surface area (Å²) in [5, 5.41) is 18.7. The highest BCUT2D eigenvalue weighted by Crippen LogP contribution is 2.16. The molecule has 0 aliphatic carbocycles. The number of hydrogen-bond acceptors (Lipinski definition) is 2. The Morgan fingerprint density at radius 3 is 2.75 bits per heavy atom. The Balaban J connectivity index is 2.38. The first-order chi connectivity index (χ1) is 7.72. The van der Waals surface area contributed by atoms with Crippen LogP contribution in [0.3, 0.4) is 0 Å². The maximum Gasteiger partial charge on any atom is 0.336 e. The van der Waals surface area contributed by atoms with Gasteiger partial charge < -0.3 is 14.8 Å². The van der Waals surface area contributed by atoms with Crippen LogP contribution in [-0.2, 0) is 11.3 Å². The Morgan fingerprint density at radius 1 is 1.31 bits per heavy atom. The van der Waals surface area contributed by atoms with E-state index in [0.29, 0.717) is 6.26 Å². The first kappa shape index (κ1) is 10.3. The summed E-state index contributed by atoms with van der Waals surface area (Å²) in [6, 6.07) is 9.59. The summed E-state index contributed by atoms with van der Waals surface area (Å²) in [6.45, 7) is 0.152. The van der Waals surface area contributed by atoms with E-state index in [1.807, 2.05) is 30.3 Å². The van der Waals surface area contributed by atoms with Crippen molar-refractivity contribution < 1.29 is 15.0 Å². The second-order valence-electron chi connectivity index (χ2n) is 3.46. The lowest BCUT2D eigenvalue weighted by atomic mass is 10.2. The molecule has 0 atom stereocenters. The zero-order valence-corrected chi connectivity index (χ0v) is 8.50. The minimum Gasteiger partial charge on any atom is -0.515 e. The number of carboxylic acid groups (broad SMARTS) is 1. The molecule has 2 N–H and O–H groups in total. The van der Waals surface area contributed by atoms with E-state index in [4.69, 9.17) is 10.2 Å². The van der Waals surface area contributed by atoms with Crippen LogP contribution in [0.2, 0.25) is 0 Å². The number of rotatable bonds is 3. The summed E-state index contributed by atoms with van der Waals surface area (Å²) in [7, 11) is 0. The van der Waals surface area contributed by atoms with Crippen molar-refractivity contribution in [2.24, 2.45) is 0 Å². The van der Waals surface area contributed by atoms with Crippen molar-refractivity contribution in [1.82, 2.24) is 4.57 Å². The van der Waals surface area contributed by atoms with Crippen LogP contribution in [-0.4, -0.2) is 20.7 Å². The van der Waals surface area contributed by atoms with E-state index in [1.165, 1.54) is 0 Å². The van der Waals surface area contributed by atoms with Gasteiger partial charge in [0, 0.05) is 11.7 Å². The van der Waals surface area contributed by atoms with Gasteiger partial charge in [0.2, 0.25) is 0 Å². The molecule has 0 spiro atoms. The molecular weight excluding hydrogens is 206 g/mol. The molecule has 4 nitrogen and oxygen atoms in total. The summed E-state index contributed by atoms with van der Waals surface area (Å²) in [4.78, 5) is 10.8. The van der Waals surface area contributed by atoms with Crippen LogP contribution in [0.5, 0.6) is 0 Å². The van der Waals surface area contributed by atoms with Gasteiger partial charge in [-0.05, 0) is 17.5 Å². The molecule has 0 bridgehead atoms. The largest absolute Gasteiger partial charge is 0.515 e. The van der Waals surface area contributed by atoms with Crippen LogP contribution >= 0.6 is 0 Å². The van der Waals surface area contributed by atoms with Gasteiger partial charge in [-0.25, -0.2) is 4.79 Å². The number of benzene rings is 1. The van der Waals surface area contributed by atoms with Crippen LogP contribution in [0.1, 0.15) is 0 Å². The molecular formula is C12H11NO3. The molecule has 0 fully saturated rings. The van der Waals surface area contributed by atoms with Crippen molar-refractivity contribution in [3.05, 3.63) is 48.4 Å². The average Bonchev–Trinajstić information content (AvgIpc) is 2.69. The van der Waals surface area contributed by atoms with E-state index in [2.05, 4.69) is 0 Å². The number of hydrogen-bond donors (Lipinski definition) is 2. The fourth-order valence-corrected chi connectivity index (χ4v) is 1.63. The lowest BCUT2D eigenvalue weighted by molar-refractivity contribution is -0.133. The Labute approximate surface area is 92.1 Å². The number of aliphatic hydroxyl groups is 1. The van der Waals surface area contributed by atoms with Crippen LogP contribution in [0.25, 0.3) is 10.9 Å². The second-order valence-corrected chi connectivity index (χ2v) is 3.46. The van der Waals surface area contributed by atoms with Crippen LogP contribution < -0.4 is 0 Å². The summed E-state index contributed by atoms with van der Waals surface area (Å²) < 4.78 is 1.78. The number of carboxylic acids is 1. The molecule has 1 heterocycles. The van der Waals surface area contributed by atoms with Gasteiger partial charge in [-0.15, -0.1) is 0 Å². The van der Waals surface area contributed by atoms with E-state index in [0.717, 1.165) is 10.9 Å². The molecule has 16 heavy (non-hydrogen) atoms. The number of aliphatic carboxylic acids is 1. The number of aromatic nitrogens is 1. The maximum atomic E-state index is 10.8. The Kier molecular flexibility index (Phi) is 2.64. The molecule has 0 aliphatic heterocycles. The van der Waals surface area contributed by atoms with E-state index in [1.54, 1.807) is 10.8 Å². The molecule has 0 saturated heterocycles. The predicted octanol–water partition coefficient (Wildman–Crippen LogP) is 2.17. The third-order valence-corrected chi connectivity index (χ3v) is 2.45. The molecule has 0 amide bonds. The van der Waals surface area contributed by atoms with Gasteiger partial charge in [-0.3, -0.25) is 0 Å². The Bertz CT molecular complexity index is 554. The van der Waals surface area contributed by atoms with Crippen molar-refractivity contribution in [1.29, 1.82) is 0 Å². The van der Waals surface area contributed by atoms with Gasteiger partial charge in [-0.2, -0.15) is 0 Å². The van der Waals surface area contributed by atoms with E-state index in [9.17, 15) is 4.79 Å². The van der Waals surface area contributed by atoms with Crippen LogP contribution in [0, 0.1) is 0 Å². The Morgan fingerprint density at radius 2 is 2.06 bits per heavy atom. The van der Waals surface area contributed by atoms with E-state index >= 15 is 0 Å². The minimum atomic E-state index is -1.11. The quantitative estimate of drug-likeness (QED) is 0.611. The first-order valence-corrected chi connectivity index (χ1v) is 4.83. The molecule has 0 saturated carbocycles. The maximum absolute atomic E-state index is 10.8. The normalized spacial score (nSPS) is 11.9. The first-order valence-electron chi connectivity index (χ1n) is 4.83. The highest BCUT2D eigenvalue weighted by atomic mass is 16.4. The topological polar surface area (TPSA) is 62.5 Å². The van der Waals surface area contributed by atoms with E-state index < -0.39 is 5.97 Å². The van der Waals surface area contributed by atoms with Gasteiger partial charge >= 0.3 is 5.97 Å². The number of nitrogens with zero attached hydrogens (tertiary/aromatic N) is 1. The van der Waals surface area contributed by atoms with Crippen molar-refractivity contribution in [3.8, 4) is 0 Å². The fourth-order valence-electron chi connectivity index (χ4n) is 1.63. The summed E-state index contributed by atoms with van der Waals surface area (Å²) >= 11 is 0. The van der Waals surface area contributed by atoms with Crippen molar-refractivity contribution in [2.75, 3.05) is 0 Å². The highest BCUT2D eigenvalue weighted by Gasteiger charge is 2.09. The van der Waals surface area contributed by atoms with Crippen LogP contribution in [0.15, 0.2) is 48.4 Å². The fraction of sp³-hybridized carbons (Fsp3) is 0.0833. The second kappa shape index (κ2) is 4.10. The molecule has 0 unspecified atom stereocenters. The monoisotopic (exact) mass is 217 g/mol. The third kappa shape index (κ3) is 1.77. The van der Waals surface area contributed by atoms with Gasteiger partial charge in [0.25, 0.3) is 0 Å². The zero-order chi connectivity index (χ0) is 11.5. The number of aliphatic hydroxyl groups excluding tert-OH is 1. The van der Waals surface area contributed by atoms with Crippen molar-refractivity contribution >= 4 is 16.9 Å². The summed E-state index contributed by atoms with van der Waals surface area (Å²) in [5.74, 6) is -1.11. The van der Waals surface area contributed by atoms with Gasteiger partial charge in [0.1, 0.15) is 0 Å². The molecule has 82 valence electrons. The predicted molar refractivity (Wildman–Crippen MR) is 60.3 cm³/mol. The van der Waals surface area contributed by atoms with Gasteiger partial charge in [0.15, 0.2) is 0 Å². The van der Waals surface area contributed by atoms with Gasteiger partial charge in [0.05, 0.1) is 18.4 Å². The SMILES string of the molecule is O=C(O)C(=CO)Cn1ccc2ccccc21. The zero-order valence-electron chi connectivity index (χ0n) is 8.50. The lowest BCUT2D eigenvalue weighted by Gasteiger charge is -2.04. The lowest BCUT2D eigenvalue weighted by Crippen LogP contribution is -2.08. The molecule has 0 radical (unpaired) electrons. The van der Waals surface area contributed by atoms with Gasteiger partial charge in [-0.1, -0.05) is 18.2 Å². The standard InChI is InChI=1S/C12H11NO3/c14-8-10(12(15)16)7-13-6-5-9-3-1-2-4-11(9)13/h1-6,8,14H,7H2,(H,15,16). The molecule has 2 rings (SSSR count). The molecule has 0 aliphatic rings. The summed E-state index contributed by atoms with van der Waals surface area (Å²) in [5.41, 5.74) is 0.907. The van der Waals surface area contributed by atoms with Crippen molar-refractivity contribution in [3.63, 3.8) is 0 Å². The molecule has 1 aromatic carbocycles. The molecule has 2 aromatic rings. The third-order valence-electron chi connectivity index (χ3n) is 2.45. The number of fused-ring (bicyclic) bond motifs is 1. The van der Waals surface area contributed by atoms with Crippen LogP contribution in [0.4, 0.5) is 0 Å².